The van der Waals surface area contributed by atoms with Crippen LogP contribution in [0.5, 0.6) is 0 Å². The van der Waals surface area contributed by atoms with Crippen LogP contribution in [-0.4, -0.2) is 24.1 Å². The summed E-state index contributed by atoms with van der Waals surface area (Å²) >= 11 is 0. The van der Waals surface area contributed by atoms with Gasteiger partial charge in [0.15, 0.2) is 0 Å². The molecule has 3 aromatic rings. The van der Waals surface area contributed by atoms with Crippen LogP contribution >= 0.6 is 0 Å². The summed E-state index contributed by atoms with van der Waals surface area (Å²) in [6.07, 6.45) is 6.36. The second-order valence-corrected chi connectivity index (χ2v) is 10.4. The highest BCUT2D eigenvalue weighted by Crippen LogP contribution is 2.55. The standard InChI is InChI=1S/C33H36O4/c1-3-5-9-22-13-17-24(18-14-22)32(34)36-30-28-21-29(27-12-8-7-11-26(27)28)31(30)37-33(35)25-19-15-23(16-20-25)10-6-4-2/h7-8,11-20,28-31H,3-6,9-10,21H2,1-2H3/t28?,29?,30-,31+. The van der Waals surface area contributed by atoms with E-state index in [1.807, 2.05) is 60.7 Å². The fourth-order valence-corrected chi connectivity index (χ4v) is 5.85. The Bertz CT molecular complexity index is 1130. The highest BCUT2D eigenvalue weighted by atomic mass is 16.6. The molecule has 4 atom stereocenters. The van der Waals surface area contributed by atoms with E-state index in [4.69, 9.17) is 9.47 Å². The Balaban J connectivity index is 1.33. The minimum atomic E-state index is -0.500. The van der Waals surface area contributed by atoms with Gasteiger partial charge in [-0.2, -0.15) is 0 Å². The van der Waals surface area contributed by atoms with Gasteiger partial charge in [0, 0.05) is 11.8 Å². The second kappa shape index (κ2) is 11.3. The molecule has 0 aliphatic heterocycles. The lowest BCUT2D eigenvalue weighted by Crippen LogP contribution is -2.39. The molecule has 192 valence electrons. The number of hydrogen-bond donors (Lipinski definition) is 0. The SMILES string of the molecule is CCCCc1ccc(C(=O)O[C@@H]2C3CC(c4ccccc43)[C@@H]2OC(=O)c2ccc(CCCC)cc2)cc1. The van der Waals surface area contributed by atoms with Gasteiger partial charge in [0.05, 0.1) is 11.1 Å². The molecule has 0 N–H and O–H groups in total. The van der Waals surface area contributed by atoms with Gasteiger partial charge in [0.25, 0.3) is 0 Å². The number of benzene rings is 3. The van der Waals surface area contributed by atoms with Crippen molar-refractivity contribution in [2.24, 2.45) is 0 Å². The normalized spacial score (nSPS) is 21.5. The molecule has 5 rings (SSSR count). The number of aryl methyl sites for hydroxylation is 2. The Morgan fingerprint density at radius 1 is 0.649 bits per heavy atom. The van der Waals surface area contributed by atoms with Gasteiger partial charge in [-0.15, -0.1) is 0 Å². The number of esters is 2. The van der Waals surface area contributed by atoms with Crippen molar-refractivity contribution in [3.63, 3.8) is 0 Å². The van der Waals surface area contributed by atoms with Crippen molar-refractivity contribution in [3.8, 4) is 0 Å². The van der Waals surface area contributed by atoms with Gasteiger partial charge in [-0.1, -0.05) is 75.2 Å². The van der Waals surface area contributed by atoms with Crippen LogP contribution in [0.15, 0.2) is 72.8 Å². The Morgan fingerprint density at radius 3 is 1.43 bits per heavy atom. The summed E-state index contributed by atoms with van der Waals surface area (Å²) in [6.45, 7) is 4.34. The van der Waals surface area contributed by atoms with Crippen LogP contribution < -0.4 is 0 Å². The average Bonchev–Trinajstić information content (AvgIpc) is 3.48. The quantitative estimate of drug-likeness (QED) is 0.274. The van der Waals surface area contributed by atoms with E-state index < -0.39 is 12.2 Å². The maximum atomic E-state index is 13.2. The first kappa shape index (κ1) is 25.3. The maximum absolute atomic E-state index is 13.2. The number of hydrogen-bond acceptors (Lipinski definition) is 4. The average molecular weight is 497 g/mol. The third kappa shape index (κ3) is 5.34. The molecule has 1 fully saturated rings. The van der Waals surface area contributed by atoms with Gasteiger partial charge >= 0.3 is 11.9 Å². The van der Waals surface area contributed by atoms with Crippen LogP contribution in [0.1, 0.15) is 101 Å². The molecule has 1 saturated carbocycles. The highest BCUT2D eigenvalue weighted by molar-refractivity contribution is 5.90. The van der Waals surface area contributed by atoms with E-state index in [1.165, 1.54) is 22.3 Å². The zero-order chi connectivity index (χ0) is 25.8. The van der Waals surface area contributed by atoms with E-state index in [9.17, 15) is 9.59 Å². The van der Waals surface area contributed by atoms with Crippen molar-refractivity contribution in [3.05, 3.63) is 106 Å². The second-order valence-electron chi connectivity index (χ2n) is 10.4. The molecular weight excluding hydrogens is 460 g/mol. The van der Waals surface area contributed by atoms with E-state index in [2.05, 4.69) is 26.0 Å². The van der Waals surface area contributed by atoms with Gasteiger partial charge in [-0.05, 0) is 78.6 Å². The molecule has 4 nitrogen and oxygen atoms in total. The molecule has 0 radical (unpaired) electrons. The topological polar surface area (TPSA) is 52.6 Å². The van der Waals surface area contributed by atoms with Gasteiger partial charge in [0.1, 0.15) is 12.2 Å². The Labute approximate surface area is 220 Å². The minimum Gasteiger partial charge on any atom is -0.454 e. The number of ether oxygens (including phenoxy) is 2. The zero-order valence-electron chi connectivity index (χ0n) is 21.8. The maximum Gasteiger partial charge on any atom is 0.338 e. The van der Waals surface area contributed by atoms with Crippen LogP contribution in [0.4, 0.5) is 0 Å². The monoisotopic (exact) mass is 496 g/mol. The van der Waals surface area contributed by atoms with E-state index in [-0.39, 0.29) is 23.8 Å². The zero-order valence-corrected chi connectivity index (χ0v) is 21.8. The molecule has 0 heterocycles. The fraction of sp³-hybridized carbons (Fsp3) is 0.394. The number of carbonyl (C=O) groups excluding carboxylic acids is 2. The van der Waals surface area contributed by atoms with E-state index in [0.717, 1.165) is 44.9 Å². The first-order valence-corrected chi connectivity index (χ1v) is 13.8. The summed E-state index contributed by atoms with van der Waals surface area (Å²) < 4.78 is 12.2. The molecule has 2 aliphatic rings. The van der Waals surface area contributed by atoms with Gasteiger partial charge < -0.3 is 9.47 Å². The summed E-state index contributed by atoms with van der Waals surface area (Å²) in [4.78, 5) is 26.4. The molecule has 2 bridgehead atoms. The van der Waals surface area contributed by atoms with Crippen LogP contribution in [0.2, 0.25) is 0 Å². The smallest absolute Gasteiger partial charge is 0.338 e. The van der Waals surface area contributed by atoms with Crippen molar-refractivity contribution >= 4 is 11.9 Å². The third-order valence-corrected chi connectivity index (χ3v) is 7.92. The molecule has 4 heteroatoms. The van der Waals surface area contributed by atoms with Crippen LogP contribution in [0, 0.1) is 0 Å². The summed E-state index contributed by atoms with van der Waals surface area (Å²) in [7, 11) is 0. The lowest BCUT2D eigenvalue weighted by molar-refractivity contribution is -0.0348. The lowest BCUT2D eigenvalue weighted by Gasteiger charge is -2.32. The highest BCUT2D eigenvalue weighted by Gasteiger charge is 2.55. The van der Waals surface area contributed by atoms with Gasteiger partial charge in [-0.25, -0.2) is 9.59 Å². The summed E-state index contributed by atoms with van der Waals surface area (Å²) in [5.41, 5.74) is 5.91. The number of carbonyl (C=O) groups is 2. The summed E-state index contributed by atoms with van der Waals surface area (Å²) in [5, 5.41) is 0. The van der Waals surface area contributed by atoms with Crippen molar-refractivity contribution in [1.29, 1.82) is 0 Å². The summed E-state index contributed by atoms with van der Waals surface area (Å²) in [5.74, 6) is -0.664. The Kier molecular flexibility index (Phi) is 7.73. The van der Waals surface area contributed by atoms with Crippen LogP contribution in [0.3, 0.4) is 0 Å². The molecule has 37 heavy (non-hydrogen) atoms. The minimum absolute atomic E-state index is 0.0307. The predicted molar refractivity (Wildman–Crippen MR) is 145 cm³/mol. The molecule has 2 unspecified atom stereocenters. The first-order valence-electron chi connectivity index (χ1n) is 13.8. The van der Waals surface area contributed by atoms with Crippen LogP contribution in [-0.2, 0) is 22.3 Å². The molecule has 0 aromatic heterocycles. The fourth-order valence-electron chi connectivity index (χ4n) is 5.85. The van der Waals surface area contributed by atoms with Crippen molar-refractivity contribution in [1.82, 2.24) is 0 Å². The van der Waals surface area contributed by atoms with E-state index in [0.29, 0.717) is 11.1 Å². The summed E-state index contributed by atoms with van der Waals surface area (Å²) in [6, 6.07) is 23.6. The van der Waals surface area contributed by atoms with E-state index in [1.54, 1.807) is 0 Å². The third-order valence-electron chi connectivity index (χ3n) is 7.92. The molecule has 2 aliphatic carbocycles. The van der Waals surface area contributed by atoms with Crippen LogP contribution in [0.25, 0.3) is 0 Å². The van der Waals surface area contributed by atoms with Gasteiger partial charge in [0.2, 0.25) is 0 Å². The molecule has 0 saturated heterocycles. The van der Waals surface area contributed by atoms with Gasteiger partial charge in [-0.3, -0.25) is 0 Å². The Morgan fingerprint density at radius 2 is 1.05 bits per heavy atom. The lowest BCUT2D eigenvalue weighted by atomic mass is 9.87. The first-order chi connectivity index (χ1) is 18.1. The number of rotatable bonds is 10. The van der Waals surface area contributed by atoms with E-state index >= 15 is 0 Å². The largest absolute Gasteiger partial charge is 0.454 e. The van der Waals surface area contributed by atoms with Crippen molar-refractivity contribution in [2.45, 2.75) is 82.8 Å². The molecule has 3 aromatic carbocycles. The van der Waals surface area contributed by atoms with Crippen molar-refractivity contribution < 1.29 is 19.1 Å². The Hall–Kier alpha value is -3.40. The molecule has 0 amide bonds. The number of fused-ring (bicyclic) bond motifs is 5. The van der Waals surface area contributed by atoms with Crippen molar-refractivity contribution in [2.75, 3.05) is 0 Å². The molecule has 0 spiro atoms. The molecular formula is C33H36O4. The predicted octanol–water partition coefficient (Wildman–Crippen LogP) is 7.41. The number of unbranched alkanes of at least 4 members (excludes halogenated alkanes) is 2.